The van der Waals surface area contributed by atoms with Gasteiger partial charge in [-0.3, -0.25) is 14.5 Å². The lowest BCUT2D eigenvalue weighted by molar-refractivity contribution is -0.175. The summed E-state index contributed by atoms with van der Waals surface area (Å²) in [6.45, 7) is 2.85. The Hall–Kier alpha value is -3.10. The summed E-state index contributed by atoms with van der Waals surface area (Å²) in [7, 11) is 3.33. The van der Waals surface area contributed by atoms with E-state index >= 15 is 0 Å². The Balaban J connectivity index is 1.68. The van der Waals surface area contributed by atoms with Crippen LogP contribution in [0.2, 0.25) is 0 Å². The highest BCUT2D eigenvalue weighted by Gasteiger charge is 2.49. The minimum absolute atomic E-state index is 0.106. The number of aliphatic hydroxyl groups is 1. The first-order valence-electron chi connectivity index (χ1n) is 13.9. The second-order valence-corrected chi connectivity index (χ2v) is 11.0. The maximum Gasteiger partial charge on any atom is 0.302 e. The van der Waals surface area contributed by atoms with Gasteiger partial charge in [-0.05, 0) is 67.5 Å². The Labute approximate surface area is 230 Å². The van der Waals surface area contributed by atoms with Crippen LogP contribution in [0.5, 0.6) is 11.5 Å². The Bertz CT molecular complexity index is 1210. The number of hydrogen-bond donors (Lipinski definition) is 1. The molecule has 2 fully saturated rings. The largest absolute Gasteiger partial charge is 0.496 e. The number of carbonyl (C=O) groups excluding carboxylic acids is 2. The Morgan fingerprint density at radius 3 is 2.26 bits per heavy atom. The molecule has 0 unspecified atom stereocenters. The fourth-order valence-corrected chi connectivity index (χ4v) is 6.93. The molecule has 3 aliphatic rings. The van der Waals surface area contributed by atoms with Crippen molar-refractivity contribution in [1.82, 2.24) is 4.90 Å². The van der Waals surface area contributed by atoms with Crippen LogP contribution >= 0.6 is 0 Å². The number of esters is 2. The van der Waals surface area contributed by atoms with Crippen LogP contribution in [0, 0.1) is 0 Å². The summed E-state index contributed by atoms with van der Waals surface area (Å²) in [5.74, 6) is 0.803. The van der Waals surface area contributed by atoms with E-state index in [1.807, 2.05) is 12.1 Å². The molecule has 1 N–H and O–H groups in total. The van der Waals surface area contributed by atoms with Crippen LogP contribution in [0.15, 0.2) is 36.4 Å². The monoisotopic (exact) mass is 537 g/mol. The summed E-state index contributed by atoms with van der Waals surface area (Å²) in [6, 6.07) is 12.2. The highest BCUT2D eigenvalue weighted by atomic mass is 16.6. The molecule has 0 aliphatic carbocycles. The number of rotatable bonds is 4. The lowest BCUT2D eigenvalue weighted by Gasteiger charge is -2.54. The van der Waals surface area contributed by atoms with Crippen molar-refractivity contribution in [2.75, 3.05) is 14.2 Å². The molecule has 0 amide bonds. The number of ether oxygens (including phenoxy) is 4. The number of carbonyl (C=O) groups is 2. The fourth-order valence-electron chi connectivity index (χ4n) is 6.93. The van der Waals surface area contributed by atoms with Gasteiger partial charge in [-0.1, -0.05) is 18.6 Å². The molecular weight excluding hydrogens is 498 g/mol. The van der Waals surface area contributed by atoms with E-state index in [9.17, 15) is 14.7 Å². The topological polar surface area (TPSA) is 94.5 Å². The number of aryl methyl sites for hydroxylation is 1. The van der Waals surface area contributed by atoms with Gasteiger partial charge in [0.1, 0.15) is 29.8 Å². The van der Waals surface area contributed by atoms with Gasteiger partial charge in [0.2, 0.25) is 0 Å². The van der Waals surface area contributed by atoms with E-state index in [2.05, 4.69) is 29.2 Å². The zero-order valence-corrected chi connectivity index (χ0v) is 23.2. The van der Waals surface area contributed by atoms with E-state index in [1.165, 1.54) is 13.8 Å². The van der Waals surface area contributed by atoms with Crippen LogP contribution in [-0.4, -0.2) is 66.6 Å². The molecule has 0 saturated carbocycles. The smallest absolute Gasteiger partial charge is 0.302 e. The molecule has 5 rings (SSSR count). The van der Waals surface area contributed by atoms with Gasteiger partial charge >= 0.3 is 11.9 Å². The lowest BCUT2D eigenvalue weighted by Crippen LogP contribution is -2.61. The third-order valence-corrected chi connectivity index (χ3v) is 8.53. The van der Waals surface area contributed by atoms with Gasteiger partial charge in [0.05, 0.1) is 14.2 Å². The molecule has 4 bridgehead atoms. The third kappa shape index (κ3) is 5.63. The average Bonchev–Trinajstić information content (AvgIpc) is 2.92. The summed E-state index contributed by atoms with van der Waals surface area (Å²) in [5.41, 5.74) is 4.03. The molecule has 2 aromatic carbocycles. The Morgan fingerprint density at radius 2 is 1.56 bits per heavy atom. The van der Waals surface area contributed by atoms with Gasteiger partial charge in [0.15, 0.2) is 0 Å². The average molecular weight is 538 g/mol. The summed E-state index contributed by atoms with van der Waals surface area (Å²) in [6.07, 6.45) is 3.65. The van der Waals surface area contributed by atoms with Crippen LogP contribution in [0.1, 0.15) is 69.5 Å². The minimum Gasteiger partial charge on any atom is -0.496 e. The van der Waals surface area contributed by atoms with Crippen molar-refractivity contribution in [2.45, 2.75) is 95.2 Å². The second-order valence-electron chi connectivity index (χ2n) is 11.0. The quantitative estimate of drug-likeness (QED) is 0.566. The van der Waals surface area contributed by atoms with E-state index in [0.29, 0.717) is 19.3 Å². The van der Waals surface area contributed by atoms with Crippen LogP contribution in [0.25, 0.3) is 11.1 Å². The van der Waals surface area contributed by atoms with Gasteiger partial charge in [-0.15, -0.1) is 0 Å². The van der Waals surface area contributed by atoms with E-state index < -0.39 is 18.2 Å². The van der Waals surface area contributed by atoms with Crippen molar-refractivity contribution >= 4 is 11.9 Å². The van der Waals surface area contributed by atoms with Crippen LogP contribution in [0.3, 0.4) is 0 Å². The molecule has 210 valence electrons. The van der Waals surface area contributed by atoms with Gasteiger partial charge in [-0.25, -0.2) is 0 Å². The first-order valence-corrected chi connectivity index (χ1v) is 13.9. The molecule has 0 aromatic heterocycles. The van der Waals surface area contributed by atoms with Crippen molar-refractivity contribution in [2.24, 2.45) is 0 Å². The third-order valence-electron chi connectivity index (χ3n) is 8.53. The standard InChI is InChI=1S/C31H39NO7/c1-18(33)38-23-11-8-20-9-12-28(36-3)24(14-20)25-15-21(10-13-29(25)37-4)27-17-30(39-19(2)34)31(35)26-7-5-6-22(16-23)32(26)27/h9-10,12-15,22-23,26-27,30-31,35H,5-8,11,16-17H2,1-4H3/t22-,23+,26+,27+,30-,31-/m0/s1. The van der Waals surface area contributed by atoms with Gasteiger partial charge in [0.25, 0.3) is 0 Å². The highest BCUT2D eigenvalue weighted by molar-refractivity contribution is 5.77. The van der Waals surface area contributed by atoms with Crippen molar-refractivity contribution < 1.29 is 33.6 Å². The molecule has 8 heteroatoms. The first kappa shape index (κ1) is 27.5. The molecule has 8 nitrogen and oxygen atoms in total. The number of methoxy groups -OCH3 is 2. The van der Waals surface area contributed by atoms with Crippen LogP contribution < -0.4 is 9.47 Å². The molecule has 2 saturated heterocycles. The maximum atomic E-state index is 12.1. The molecule has 6 atom stereocenters. The molecule has 0 spiro atoms. The van der Waals surface area contributed by atoms with E-state index in [0.717, 1.165) is 59.4 Å². The second kappa shape index (κ2) is 11.6. The zero-order valence-electron chi connectivity index (χ0n) is 23.2. The molecular formula is C31H39NO7. The van der Waals surface area contributed by atoms with Gasteiger partial charge in [-0.2, -0.15) is 0 Å². The predicted octanol–water partition coefficient (Wildman–Crippen LogP) is 4.60. The normalized spacial score (nSPS) is 28.5. The SMILES string of the molecule is COc1ccc2cc1-c1cc(ccc1OC)[C@H]1C[C@H](OC(C)=O)[C@@H](O)[C@H]3CCC[C@@H](C[C@H](OC(C)=O)CC2)N13. The molecule has 0 radical (unpaired) electrons. The number of nitrogens with zero attached hydrogens (tertiary/aromatic N) is 1. The first-order chi connectivity index (χ1) is 18.8. The molecule has 3 heterocycles. The van der Waals surface area contributed by atoms with Crippen LogP contribution in [-0.2, 0) is 25.5 Å². The predicted molar refractivity (Wildman–Crippen MR) is 146 cm³/mol. The molecule has 3 aliphatic heterocycles. The number of aliphatic hydroxyl groups excluding tert-OH is 1. The molecule has 39 heavy (non-hydrogen) atoms. The Kier molecular flexibility index (Phi) is 8.14. The van der Waals surface area contributed by atoms with E-state index in [-0.39, 0.29) is 30.2 Å². The minimum atomic E-state index is -0.788. The maximum absolute atomic E-state index is 12.1. The van der Waals surface area contributed by atoms with Crippen molar-refractivity contribution in [3.05, 3.63) is 47.5 Å². The summed E-state index contributed by atoms with van der Waals surface area (Å²) in [5, 5.41) is 11.4. The Morgan fingerprint density at radius 1 is 0.872 bits per heavy atom. The number of benzene rings is 2. The molecule has 2 aromatic rings. The fraction of sp³-hybridized carbons (Fsp3) is 0.548. The number of hydrogen-bond acceptors (Lipinski definition) is 8. The van der Waals surface area contributed by atoms with Crippen molar-refractivity contribution in [3.63, 3.8) is 0 Å². The van der Waals surface area contributed by atoms with E-state index in [4.69, 9.17) is 18.9 Å². The van der Waals surface area contributed by atoms with Gasteiger partial charge in [0, 0.05) is 49.5 Å². The number of piperidine rings is 2. The lowest BCUT2D eigenvalue weighted by atomic mass is 9.78. The van der Waals surface area contributed by atoms with Crippen LogP contribution in [0.4, 0.5) is 0 Å². The number of fused-ring (bicyclic) bond motifs is 6. The van der Waals surface area contributed by atoms with Gasteiger partial charge < -0.3 is 24.1 Å². The summed E-state index contributed by atoms with van der Waals surface area (Å²) >= 11 is 0. The zero-order chi connectivity index (χ0) is 27.7. The van der Waals surface area contributed by atoms with Crippen molar-refractivity contribution in [1.29, 1.82) is 0 Å². The van der Waals surface area contributed by atoms with E-state index in [1.54, 1.807) is 14.2 Å². The summed E-state index contributed by atoms with van der Waals surface area (Å²) in [4.78, 5) is 26.5. The highest BCUT2D eigenvalue weighted by Crippen LogP contribution is 2.46. The summed E-state index contributed by atoms with van der Waals surface area (Å²) < 4.78 is 23.1. The van der Waals surface area contributed by atoms with Crippen molar-refractivity contribution in [3.8, 4) is 22.6 Å².